The Kier molecular flexibility index (Phi) is 7.01. The quantitative estimate of drug-likeness (QED) is 0.539. The maximum absolute atomic E-state index is 13.0. The van der Waals surface area contributed by atoms with Crippen LogP contribution in [0.3, 0.4) is 0 Å². The number of thiocarbonyl (C=S) groups is 1. The first kappa shape index (κ1) is 18.7. The maximum Gasteiger partial charge on any atom is 0.279 e. The number of benzene rings is 1. The number of nitrogens with one attached hydrogen (secondary N) is 3. The standard InChI is InChI=1S/C15H19ClFN3O3S/c1-9(23-13-5-4-10(17)7-12(13)16)14(21)19-20-15(24)18-8-11-3-2-6-22-11/h4-5,7,9,11H,2-3,6,8H2,1H3,(H,19,21)(H2,18,20,24)/t9-,11+/m0/s1. The third-order valence-corrected chi connectivity index (χ3v) is 3.92. The minimum atomic E-state index is -0.846. The zero-order valence-corrected chi connectivity index (χ0v) is 14.7. The zero-order valence-electron chi connectivity index (χ0n) is 13.1. The van der Waals surface area contributed by atoms with Gasteiger partial charge in [-0.2, -0.15) is 0 Å². The molecule has 2 rings (SSSR count). The van der Waals surface area contributed by atoms with Crippen LogP contribution in [0.1, 0.15) is 19.8 Å². The van der Waals surface area contributed by atoms with Gasteiger partial charge in [0.15, 0.2) is 11.2 Å². The van der Waals surface area contributed by atoms with Gasteiger partial charge in [-0.1, -0.05) is 11.6 Å². The predicted molar refractivity (Wildman–Crippen MR) is 92.4 cm³/mol. The van der Waals surface area contributed by atoms with Crippen LogP contribution in [-0.2, 0) is 9.53 Å². The van der Waals surface area contributed by atoms with Gasteiger partial charge in [0.1, 0.15) is 11.6 Å². The Hall–Kier alpha value is -1.64. The van der Waals surface area contributed by atoms with E-state index in [1.54, 1.807) is 6.92 Å². The first-order chi connectivity index (χ1) is 11.5. The summed E-state index contributed by atoms with van der Waals surface area (Å²) >= 11 is 10.9. The van der Waals surface area contributed by atoms with Gasteiger partial charge >= 0.3 is 0 Å². The van der Waals surface area contributed by atoms with Crippen molar-refractivity contribution in [3.63, 3.8) is 0 Å². The van der Waals surface area contributed by atoms with Crippen LogP contribution >= 0.6 is 23.8 Å². The van der Waals surface area contributed by atoms with Crippen LogP contribution in [0, 0.1) is 5.82 Å². The number of halogens is 2. The van der Waals surface area contributed by atoms with Gasteiger partial charge in [0.05, 0.1) is 11.1 Å². The van der Waals surface area contributed by atoms with Crippen LogP contribution in [0.25, 0.3) is 0 Å². The molecule has 1 fully saturated rings. The van der Waals surface area contributed by atoms with Crippen LogP contribution in [0.15, 0.2) is 18.2 Å². The van der Waals surface area contributed by atoms with E-state index in [9.17, 15) is 9.18 Å². The monoisotopic (exact) mass is 375 g/mol. The lowest BCUT2D eigenvalue weighted by Gasteiger charge is -2.18. The maximum atomic E-state index is 13.0. The molecule has 1 aromatic carbocycles. The number of rotatable bonds is 5. The Labute approximate surface area is 150 Å². The van der Waals surface area contributed by atoms with Gasteiger partial charge < -0.3 is 14.8 Å². The first-order valence-corrected chi connectivity index (χ1v) is 8.31. The average molecular weight is 376 g/mol. The van der Waals surface area contributed by atoms with Gasteiger partial charge in [-0.3, -0.25) is 15.6 Å². The minimum Gasteiger partial charge on any atom is -0.479 e. The number of carbonyl (C=O) groups excluding carboxylic acids is 1. The molecule has 0 unspecified atom stereocenters. The molecule has 0 spiro atoms. The second kappa shape index (κ2) is 9.00. The molecule has 1 heterocycles. The summed E-state index contributed by atoms with van der Waals surface area (Å²) in [5, 5.41) is 3.34. The van der Waals surface area contributed by atoms with Crippen molar-refractivity contribution in [1.82, 2.24) is 16.2 Å². The SMILES string of the molecule is C[C@H](Oc1ccc(F)cc1Cl)C(=O)NNC(=S)NC[C@H]1CCCO1. The van der Waals surface area contributed by atoms with Crippen LogP contribution in [0.2, 0.25) is 5.02 Å². The van der Waals surface area contributed by atoms with Gasteiger partial charge in [-0.05, 0) is 50.2 Å². The average Bonchev–Trinajstić information content (AvgIpc) is 3.06. The van der Waals surface area contributed by atoms with Crippen molar-refractivity contribution in [2.45, 2.75) is 32.0 Å². The largest absolute Gasteiger partial charge is 0.479 e. The molecular formula is C15H19ClFN3O3S. The Balaban J connectivity index is 1.71. The molecule has 132 valence electrons. The lowest BCUT2D eigenvalue weighted by Crippen LogP contribution is -2.51. The number of ether oxygens (including phenoxy) is 2. The fourth-order valence-electron chi connectivity index (χ4n) is 2.09. The molecule has 9 heteroatoms. The third kappa shape index (κ3) is 5.77. The van der Waals surface area contributed by atoms with Gasteiger partial charge in [-0.25, -0.2) is 4.39 Å². The van der Waals surface area contributed by atoms with Gasteiger partial charge in [0, 0.05) is 13.2 Å². The Morgan fingerprint density at radius 1 is 1.54 bits per heavy atom. The van der Waals surface area contributed by atoms with Gasteiger partial charge in [-0.15, -0.1) is 0 Å². The summed E-state index contributed by atoms with van der Waals surface area (Å²) in [7, 11) is 0. The van der Waals surface area contributed by atoms with E-state index in [1.165, 1.54) is 12.1 Å². The van der Waals surface area contributed by atoms with E-state index in [0.717, 1.165) is 25.5 Å². The van der Waals surface area contributed by atoms with E-state index in [4.69, 9.17) is 33.3 Å². The molecule has 1 saturated heterocycles. The molecular weight excluding hydrogens is 357 g/mol. The normalized spacial score (nSPS) is 17.9. The number of hydrogen-bond donors (Lipinski definition) is 3. The van der Waals surface area contributed by atoms with Gasteiger partial charge in [0.2, 0.25) is 0 Å². The van der Waals surface area contributed by atoms with E-state index in [1.807, 2.05) is 0 Å². The molecule has 0 aromatic heterocycles. The van der Waals surface area contributed by atoms with Crippen molar-refractivity contribution < 1.29 is 18.7 Å². The summed E-state index contributed by atoms with van der Waals surface area (Å²) in [4.78, 5) is 12.0. The summed E-state index contributed by atoms with van der Waals surface area (Å²) in [6.45, 7) is 2.89. The summed E-state index contributed by atoms with van der Waals surface area (Å²) in [5.74, 6) is -0.703. The topological polar surface area (TPSA) is 71.6 Å². The summed E-state index contributed by atoms with van der Waals surface area (Å²) in [5.41, 5.74) is 5.02. The molecule has 0 bridgehead atoms. The molecule has 3 N–H and O–H groups in total. The van der Waals surface area contributed by atoms with Crippen molar-refractivity contribution in [2.75, 3.05) is 13.2 Å². The van der Waals surface area contributed by atoms with Crippen molar-refractivity contribution in [3.8, 4) is 5.75 Å². The second-order valence-corrected chi connectivity index (χ2v) is 6.11. The summed E-state index contributed by atoms with van der Waals surface area (Å²) in [6.07, 6.45) is 1.33. The van der Waals surface area contributed by atoms with Crippen molar-refractivity contribution in [3.05, 3.63) is 29.0 Å². The lowest BCUT2D eigenvalue weighted by molar-refractivity contribution is -0.127. The van der Waals surface area contributed by atoms with E-state index in [0.29, 0.717) is 6.54 Å². The molecule has 6 nitrogen and oxygen atoms in total. The first-order valence-electron chi connectivity index (χ1n) is 7.52. The predicted octanol–water partition coefficient (Wildman–Crippen LogP) is 1.92. The highest BCUT2D eigenvalue weighted by Crippen LogP contribution is 2.25. The molecule has 1 aliphatic heterocycles. The minimum absolute atomic E-state index is 0.0939. The van der Waals surface area contributed by atoms with E-state index in [2.05, 4.69) is 16.2 Å². The van der Waals surface area contributed by atoms with E-state index in [-0.39, 0.29) is 22.0 Å². The zero-order chi connectivity index (χ0) is 17.5. The van der Waals surface area contributed by atoms with Crippen LogP contribution in [-0.4, -0.2) is 36.4 Å². The van der Waals surface area contributed by atoms with Crippen molar-refractivity contribution in [1.29, 1.82) is 0 Å². The highest BCUT2D eigenvalue weighted by Gasteiger charge is 2.18. The molecule has 2 atom stereocenters. The highest BCUT2D eigenvalue weighted by molar-refractivity contribution is 7.80. The second-order valence-electron chi connectivity index (χ2n) is 5.29. The molecule has 0 aliphatic carbocycles. The van der Waals surface area contributed by atoms with E-state index >= 15 is 0 Å². The molecule has 24 heavy (non-hydrogen) atoms. The number of carbonyl (C=O) groups is 1. The Bertz CT molecular complexity index is 599. The fraction of sp³-hybridized carbons (Fsp3) is 0.467. The highest BCUT2D eigenvalue weighted by atomic mass is 35.5. The third-order valence-electron chi connectivity index (χ3n) is 3.38. The number of amides is 1. The van der Waals surface area contributed by atoms with E-state index < -0.39 is 17.8 Å². The molecule has 1 aliphatic rings. The Morgan fingerprint density at radius 2 is 2.33 bits per heavy atom. The summed E-state index contributed by atoms with van der Waals surface area (Å²) < 4.78 is 23.8. The van der Waals surface area contributed by atoms with Crippen LogP contribution in [0.5, 0.6) is 5.75 Å². The molecule has 0 radical (unpaired) electrons. The Morgan fingerprint density at radius 3 is 3.00 bits per heavy atom. The van der Waals surface area contributed by atoms with Crippen molar-refractivity contribution in [2.24, 2.45) is 0 Å². The smallest absolute Gasteiger partial charge is 0.279 e. The van der Waals surface area contributed by atoms with Crippen molar-refractivity contribution >= 4 is 34.8 Å². The number of hydrazine groups is 1. The van der Waals surface area contributed by atoms with Gasteiger partial charge in [0.25, 0.3) is 5.91 Å². The molecule has 1 aromatic rings. The van der Waals surface area contributed by atoms with Crippen LogP contribution in [0.4, 0.5) is 4.39 Å². The molecule has 0 saturated carbocycles. The number of hydrogen-bond acceptors (Lipinski definition) is 4. The van der Waals surface area contributed by atoms with Crippen LogP contribution < -0.4 is 20.9 Å². The summed E-state index contributed by atoms with van der Waals surface area (Å²) in [6, 6.07) is 3.68. The lowest BCUT2D eigenvalue weighted by atomic mass is 10.2. The fourth-order valence-corrected chi connectivity index (χ4v) is 2.44. The molecule has 1 amide bonds.